The quantitative estimate of drug-likeness (QED) is 0.888. The zero-order valence-corrected chi connectivity index (χ0v) is 12.8. The number of halogens is 1. The number of para-hydroxylation sites is 1. The molecule has 0 aromatic heterocycles. The Morgan fingerprint density at radius 2 is 1.70 bits per heavy atom. The summed E-state index contributed by atoms with van der Waals surface area (Å²) >= 11 is 0. The van der Waals surface area contributed by atoms with Gasteiger partial charge in [0, 0.05) is 24.2 Å². The highest BCUT2D eigenvalue weighted by molar-refractivity contribution is 5.96. The Bertz CT molecular complexity index is 688. The van der Waals surface area contributed by atoms with Gasteiger partial charge in [-0.2, -0.15) is 0 Å². The molecule has 1 amide bonds. The summed E-state index contributed by atoms with van der Waals surface area (Å²) in [6.45, 7) is 2.22. The highest BCUT2D eigenvalue weighted by atomic mass is 19.1. The van der Waals surface area contributed by atoms with Gasteiger partial charge in [0.15, 0.2) is 0 Å². The van der Waals surface area contributed by atoms with Gasteiger partial charge in [-0.05, 0) is 25.1 Å². The molecule has 1 unspecified atom stereocenters. The van der Waals surface area contributed by atoms with Crippen LogP contribution in [-0.2, 0) is 9.59 Å². The molecule has 0 saturated heterocycles. The zero-order chi connectivity index (χ0) is 16.8. The fourth-order valence-electron chi connectivity index (χ4n) is 2.48. The number of hydrogen-bond donors (Lipinski definition) is 1. The van der Waals surface area contributed by atoms with Gasteiger partial charge < -0.3 is 10.0 Å². The highest BCUT2D eigenvalue weighted by Gasteiger charge is 2.28. The fourth-order valence-corrected chi connectivity index (χ4v) is 2.48. The van der Waals surface area contributed by atoms with Crippen LogP contribution in [0.25, 0.3) is 0 Å². The van der Waals surface area contributed by atoms with Crippen LogP contribution >= 0.6 is 0 Å². The zero-order valence-electron chi connectivity index (χ0n) is 12.8. The number of amides is 1. The monoisotopic (exact) mass is 315 g/mol. The molecule has 0 aliphatic carbocycles. The number of anilines is 1. The lowest BCUT2D eigenvalue weighted by Gasteiger charge is -2.23. The molecule has 2 aromatic rings. The molecule has 0 bridgehead atoms. The van der Waals surface area contributed by atoms with Gasteiger partial charge in [0.2, 0.25) is 5.91 Å². The van der Waals surface area contributed by atoms with Crippen molar-refractivity contribution in [1.82, 2.24) is 0 Å². The SMILES string of the molecule is CCN(C(=O)CC(C(=O)O)c1ccccc1F)c1ccccc1. The number of aliphatic carboxylic acids is 1. The van der Waals surface area contributed by atoms with Gasteiger partial charge in [0.05, 0.1) is 5.92 Å². The van der Waals surface area contributed by atoms with Gasteiger partial charge in [0.25, 0.3) is 0 Å². The van der Waals surface area contributed by atoms with Crippen LogP contribution in [0, 0.1) is 5.82 Å². The molecule has 0 fully saturated rings. The molecule has 120 valence electrons. The number of carbonyl (C=O) groups is 2. The highest BCUT2D eigenvalue weighted by Crippen LogP contribution is 2.25. The number of nitrogens with zero attached hydrogens (tertiary/aromatic N) is 1. The van der Waals surface area contributed by atoms with Crippen LogP contribution in [-0.4, -0.2) is 23.5 Å². The van der Waals surface area contributed by atoms with Gasteiger partial charge in [-0.1, -0.05) is 36.4 Å². The number of hydrogen-bond acceptors (Lipinski definition) is 2. The van der Waals surface area contributed by atoms with E-state index in [1.807, 2.05) is 13.0 Å². The molecule has 1 atom stereocenters. The summed E-state index contributed by atoms with van der Waals surface area (Å²) in [7, 11) is 0. The van der Waals surface area contributed by atoms with Crippen molar-refractivity contribution >= 4 is 17.6 Å². The second kappa shape index (κ2) is 7.54. The lowest BCUT2D eigenvalue weighted by atomic mass is 9.94. The average molecular weight is 315 g/mol. The van der Waals surface area contributed by atoms with Crippen molar-refractivity contribution in [2.45, 2.75) is 19.3 Å². The summed E-state index contributed by atoms with van der Waals surface area (Å²) < 4.78 is 13.9. The van der Waals surface area contributed by atoms with Crippen LogP contribution in [0.3, 0.4) is 0 Å². The van der Waals surface area contributed by atoms with Crippen molar-refractivity contribution in [2.75, 3.05) is 11.4 Å². The Morgan fingerprint density at radius 3 is 2.26 bits per heavy atom. The van der Waals surface area contributed by atoms with Crippen molar-refractivity contribution in [3.63, 3.8) is 0 Å². The Morgan fingerprint density at radius 1 is 1.09 bits per heavy atom. The van der Waals surface area contributed by atoms with E-state index in [2.05, 4.69) is 0 Å². The predicted molar refractivity (Wildman–Crippen MR) is 85.9 cm³/mol. The molecule has 1 N–H and O–H groups in total. The average Bonchev–Trinajstić information content (AvgIpc) is 2.55. The first-order chi connectivity index (χ1) is 11.0. The van der Waals surface area contributed by atoms with Crippen LogP contribution in [0.2, 0.25) is 0 Å². The van der Waals surface area contributed by atoms with Crippen LogP contribution < -0.4 is 4.90 Å². The maximum absolute atomic E-state index is 13.9. The molecule has 0 radical (unpaired) electrons. The minimum absolute atomic E-state index is 0.0254. The van der Waals surface area contributed by atoms with Crippen molar-refractivity contribution in [3.05, 3.63) is 66.0 Å². The second-order valence-corrected chi connectivity index (χ2v) is 5.09. The molecule has 0 saturated carbocycles. The van der Waals surface area contributed by atoms with E-state index in [1.165, 1.54) is 23.1 Å². The maximum Gasteiger partial charge on any atom is 0.311 e. The van der Waals surface area contributed by atoms with Crippen LogP contribution in [0.5, 0.6) is 0 Å². The van der Waals surface area contributed by atoms with E-state index in [0.29, 0.717) is 12.2 Å². The maximum atomic E-state index is 13.9. The van der Waals surface area contributed by atoms with Crippen LogP contribution in [0.4, 0.5) is 10.1 Å². The Kier molecular flexibility index (Phi) is 5.46. The third-order valence-corrected chi connectivity index (χ3v) is 3.64. The second-order valence-electron chi connectivity index (χ2n) is 5.09. The normalized spacial score (nSPS) is 11.7. The lowest BCUT2D eigenvalue weighted by Crippen LogP contribution is -2.33. The van der Waals surface area contributed by atoms with Crippen molar-refractivity contribution in [1.29, 1.82) is 0 Å². The van der Waals surface area contributed by atoms with E-state index in [1.54, 1.807) is 30.3 Å². The molecular weight excluding hydrogens is 297 g/mol. The van der Waals surface area contributed by atoms with Gasteiger partial charge in [0.1, 0.15) is 5.82 Å². The smallest absolute Gasteiger partial charge is 0.311 e. The standard InChI is InChI=1S/C18H18FNO3/c1-2-20(13-8-4-3-5-9-13)17(21)12-15(18(22)23)14-10-6-7-11-16(14)19/h3-11,15H,2,12H2,1H3,(H,22,23). The van der Waals surface area contributed by atoms with Gasteiger partial charge >= 0.3 is 5.97 Å². The Balaban J connectivity index is 2.25. The minimum atomic E-state index is -1.22. The summed E-state index contributed by atoms with van der Waals surface area (Å²) in [5, 5.41) is 9.39. The van der Waals surface area contributed by atoms with Crippen molar-refractivity contribution in [3.8, 4) is 0 Å². The first-order valence-electron chi connectivity index (χ1n) is 7.37. The van der Waals surface area contributed by atoms with E-state index in [4.69, 9.17) is 0 Å². The molecule has 0 spiro atoms. The number of carboxylic acids is 1. The largest absolute Gasteiger partial charge is 0.481 e. The molecule has 2 rings (SSSR count). The molecule has 23 heavy (non-hydrogen) atoms. The Labute approximate surface area is 134 Å². The van der Waals surface area contributed by atoms with Gasteiger partial charge in [-0.3, -0.25) is 9.59 Å². The molecule has 5 heteroatoms. The molecule has 4 nitrogen and oxygen atoms in total. The van der Waals surface area contributed by atoms with Crippen molar-refractivity contribution < 1.29 is 19.1 Å². The summed E-state index contributed by atoms with van der Waals surface area (Å²) in [5.74, 6) is -3.39. The Hall–Kier alpha value is -2.69. The summed E-state index contributed by atoms with van der Waals surface area (Å²) in [6, 6.07) is 14.6. The first-order valence-corrected chi connectivity index (χ1v) is 7.37. The fraction of sp³-hybridized carbons (Fsp3) is 0.222. The summed E-state index contributed by atoms with van der Waals surface area (Å²) in [5.41, 5.74) is 0.718. The number of benzene rings is 2. The topological polar surface area (TPSA) is 57.6 Å². The minimum Gasteiger partial charge on any atom is -0.481 e. The molecule has 0 heterocycles. The third kappa shape index (κ3) is 3.94. The molecule has 2 aromatic carbocycles. The third-order valence-electron chi connectivity index (χ3n) is 3.64. The van der Waals surface area contributed by atoms with Crippen molar-refractivity contribution in [2.24, 2.45) is 0 Å². The van der Waals surface area contributed by atoms with E-state index in [-0.39, 0.29) is 17.9 Å². The van der Waals surface area contributed by atoms with Crippen LogP contribution in [0.1, 0.15) is 24.8 Å². The first kappa shape index (κ1) is 16.7. The van der Waals surface area contributed by atoms with Crippen LogP contribution in [0.15, 0.2) is 54.6 Å². The number of rotatable bonds is 6. The van der Waals surface area contributed by atoms with E-state index in [0.717, 1.165) is 0 Å². The van der Waals surface area contributed by atoms with E-state index in [9.17, 15) is 19.1 Å². The molecule has 0 aliphatic heterocycles. The summed E-state index contributed by atoms with van der Waals surface area (Å²) in [4.78, 5) is 25.5. The number of carboxylic acid groups (broad SMARTS) is 1. The lowest BCUT2D eigenvalue weighted by molar-refractivity contribution is -0.140. The van der Waals surface area contributed by atoms with Gasteiger partial charge in [-0.25, -0.2) is 4.39 Å². The predicted octanol–water partition coefficient (Wildman–Crippen LogP) is 3.44. The molecular formula is C18H18FNO3. The van der Waals surface area contributed by atoms with E-state index >= 15 is 0 Å². The van der Waals surface area contributed by atoms with Gasteiger partial charge in [-0.15, -0.1) is 0 Å². The van der Waals surface area contributed by atoms with E-state index < -0.39 is 17.7 Å². The summed E-state index contributed by atoms with van der Waals surface area (Å²) in [6.07, 6.45) is -0.293. The molecule has 0 aliphatic rings. The number of carbonyl (C=O) groups excluding carboxylic acids is 1.